The van der Waals surface area contributed by atoms with Gasteiger partial charge in [-0.1, -0.05) is 12.1 Å². The molecule has 1 fully saturated rings. The molecule has 1 saturated heterocycles. The number of thiol groups is 1. The number of rotatable bonds is 3. The predicted molar refractivity (Wildman–Crippen MR) is 75.9 cm³/mol. The van der Waals surface area contributed by atoms with Crippen LogP contribution in [0.1, 0.15) is 18.4 Å². The molecule has 0 bridgehead atoms. The molecule has 0 unspecified atom stereocenters. The molecule has 2 rings (SSSR count). The largest absolute Gasteiger partial charge is 0.369 e. The van der Waals surface area contributed by atoms with Crippen molar-refractivity contribution in [2.45, 2.75) is 24.2 Å². The van der Waals surface area contributed by atoms with Crippen molar-refractivity contribution in [1.29, 1.82) is 0 Å². The maximum absolute atomic E-state index is 12.1. The van der Waals surface area contributed by atoms with E-state index in [0.29, 0.717) is 32.4 Å². The van der Waals surface area contributed by atoms with Gasteiger partial charge in [-0.25, -0.2) is 0 Å². The number of hydrogen-bond donors (Lipinski definition) is 2. The molecule has 0 spiro atoms. The Bertz CT molecular complexity index is 465. The molecule has 0 atom stereocenters. The molecular weight excluding hydrogens is 260 g/mol. The van der Waals surface area contributed by atoms with Crippen molar-refractivity contribution in [2.24, 2.45) is 11.7 Å². The molecular formula is C14H18N2O2S. The molecule has 4 nitrogen and oxygen atoms in total. The molecule has 2 N–H and O–H groups in total. The zero-order valence-electron chi connectivity index (χ0n) is 10.7. The average molecular weight is 278 g/mol. The number of piperidine rings is 1. The molecule has 0 aromatic heterocycles. The average Bonchev–Trinajstić information content (AvgIpc) is 2.41. The van der Waals surface area contributed by atoms with Gasteiger partial charge in [0.25, 0.3) is 0 Å². The lowest BCUT2D eigenvalue weighted by Crippen LogP contribution is -2.42. The van der Waals surface area contributed by atoms with Gasteiger partial charge in [-0.15, -0.1) is 12.6 Å². The van der Waals surface area contributed by atoms with E-state index in [0.717, 1.165) is 10.5 Å². The summed E-state index contributed by atoms with van der Waals surface area (Å²) in [6.07, 6.45) is 1.75. The van der Waals surface area contributed by atoms with Crippen LogP contribution in [-0.4, -0.2) is 29.8 Å². The second kappa shape index (κ2) is 6.10. The summed E-state index contributed by atoms with van der Waals surface area (Å²) in [5.41, 5.74) is 6.26. The van der Waals surface area contributed by atoms with Crippen molar-refractivity contribution in [1.82, 2.24) is 4.90 Å². The molecule has 1 aromatic rings. The molecule has 19 heavy (non-hydrogen) atoms. The van der Waals surface area contributed by atoms with Crippen LogP contribution in [-0.2, 0) is 16.0 Å². The van der Waals surface area contributed by atoms with E-state index in [2.05, 4.69) is 12.6 Å². The van der Waals surface area contributed by atoms with E-state index in [4.69, 9.17) is 5.73 Å². The van der Waals surface area contributed by atoms with E-state index < -0.39 is 0 Å². The van der Waals surface area contributed by atoms with Crippen LogP contribution in [0.15, 0.2) is 29.2 Å². The first kappa shape index (κ1) is 13.9. The summed E-state index contributed by atoms with van der Waals surface area (Å²) in [5, 5.41) is 0. The van der Waals surface area contributed by atoms with Crippen molar-refractivity contribution in [3.8, 4) is 0 Å². The fourth-order valence-electron chi connectivity index (χ4n) is 2.31. The second-order valence-corrected chi connectivity index (χ2v) is 5.42. The number of nitrogens with zero attached hydrogens (tertiary/aromatic N) is 1. The van der Waals surface area contributed by atoms with Gasteiger partial charge in [0.15, 0.2) is 0 Å². The number of likely N-dealkylation sites (tertiary alicyclic amines) is 1. The molecule has 2 amide bonds. The van der Waals surface area contributed by atoms with E-state index in [1.807, 2.05) is 29.2 Å². The van der Waals surface area contributed by atoms with Gasteiger partial charge in [0.05, 0.1) is 6.42 Å². The van der Waals surface area contributed by atoms with Gasteiger partial charge in [-0.2, -0.15) is 0 Å². The Morgan fingerprint density at radius 3 is 2.32 bits per heavy atom. The monoisotopic (exact) mass is 278 g/mol. The molecule has 102 valence electrons. The third kappa shape index (κ3) is 3.73. The van der Waals surface area contributed by atoms with Crippen LogP contribution in [0.4, 0.5) is 0 Å². The summed E-state index contributed by atoms with van der Waals surface area (Å²) >= 11 is 4.21. The number of carbonyl (C=O) groups is 2. The highest BCUT2D eigenvalue weighted by Crippen LogP contribution is 2.18. The van der Waals surface area contributed by atoms with Crippen LogP contribution >= 0.6 is 12.6 Å². The van der Waals surface area contributed by atoms with Gasteiger partial charge in [-0.05, 0) is 30.5 Å². The third-order valence-corrected chi connectivity index (χ3v) is 3.84. The molecule has 5 heteroatoms. The topological polar surface area (TPSA) is 63.4 Å². The minimum absolute atomic E-state index is 0.0764. The molecule has 1 aliphatic heterocycles. The summed E-state index contributed by atoms with van der Waals surface area (Å²) in [6.45, 7) is 1.24. The lowest BCUT2D eigenvalue weighted by Gasteiger charge is -2.30. The van der Waals surface area contributed by atoms with E-state index in [1.54, 1.807) is 0 Å². The Kier molecular flexibility index (Phi) is 4.47. The first-order valence-electron chi connectivity index (χ1n) is 6.41. The highest BCUT2D eigenvalue weighted by atomic mass is 32.1. The van der Waals surface area contributed by atoms with Crippen molar-refractivity contribution in [2.75, 3.05) is 13.1 Å². The highest BCUT2D eigenvalue weighted by molar-refractivity contribution is 7.80. The van der Waals surface area contributed by atoms with Crippen LogP contribution in [0, 0.1) is 5.92 Å². The molecule has 1 aromatic carbocycles. The van der Waals surface area contributed by atoms with Gasteiger partial charge in [0.2, 0.25) is 11.8 Å². The Labute approximate surface area is 118 Å². The predicted octanol–water partition coefficient (Wildman–Crippen LogP) is 1.24. The maximum atomic E-state index is 12.1. The van der Waals surface area contributed by atoms with Crippen molar-refractivity contribution in [3.05, 3.63) is 29.8 Å². The van der Waals surface area contributed by atoms with Gasteiger partial charge < -0.3 is 10.6 Å². The second-order valence-electron chi connectivity index (χ2n) is 4.90. The van der Waals surface area contributed by atoms with E-state index in [-0.39, 0.29) is 17.7 Å². The standard InChI is InChI=1S/C14H18N2O2S/c15-14(18)11-5-7-16(8-6-11)13(17)9-10-1-3-12(19)4-2-10/h1-4,11,19H,5-9H2,(H2,15,18). The van der Waals surface area contributed by atoms with Gasteiger partial charge in [-0.3, -0.25) is 9.59 Å². The summed E-state index contributed by atoms with van der Waals surface area (Å²) in [5.74, 6) is -0.223. The summed E-state index contributed by atoms with van der Waals surface area (Å²) < 4.78 is 0. The van der Waals surface area contributed by atoms with Crippen LogP contribution < -0.4 is 5.73 Å². The minimum Gasteiger partial charge on any atom is -0.369 e. The SMILES string of the molecule is NC(=O)C1CCN(C(=O)Cc2ccc(S)cc2)CC1. The normalized spacial score (nSPS) is 16.4. The number of benzene rings is 1. The Morgan fingerprint density at radius 2 is 1.79 bits per heavy atom. The number of nitrogens with two attached hydrogens (primary N) is 1. The molecule has 0 saturated carbocycles. The Hall–Kier alpha value is -1.49. The van der Waals surface area contributed by atoms with E-state index >= 15 is 0 Å². The van der Waals surface area contributed by atoms with Gasteiger partial charge >= 0.3 is 0 Å². The van der Waals surface area contributed by atoms with E-state index in [1.165, 1.54) is 0 Å². The lowest BCUT2D eigenvalue weighted by molar-refractivity contribution is -0.134. The van der Waals surface area contributed by atoms with Gasteiger partial charge in [0, 0.05) is 23.9 Å². The van der Waals surface area contributed by atoms with Crippen LogP contribution in [0.5, 0.6) is 0 Å². The van der Waals surface area contributed by atoms with Crippen LogP contribution in [0.2, 0.25) is 0 Å². The fourth-order valence-corrected chi connectivity index (χ4v) is 2.46. The van der Waals surface area contributed by atoms with E-state index in [9.17, 15) is 9.59 Å². The zero-order valence-corrected chi connectivity index (χ0v) is 11.6. The molecule has 0 radical (unpaired) electrons. The fraction of sp³-hybridized carbons (Fsp3) is 0.429. The number of hydrogen-bond acceptors (Lipinski definition) is 3. The summed E-state index contributed by atoms with van der Waals surface area (Å²) in [6, 6.07) is 7.59. The number of primary amides is 1. The van der Waals surface area contributed by atoms with Crippen LogP contribution in [0.25, 0.3) is 0 Å². The van der Waals surface area contributed by atoms with Gasteiger partial charge in [0.1, 0.15) is 0 Å². The third-order valence-electron chi connectivity index (χ3n) is 3.54. The zero-order chi connectivity index (χ0) is 13.8. The number of amides is 2. The molecule has 1 heterocycles. The Morgan fingerprint density at radius 1 is 1.21 bits per heavy atom. The highest BCUT2D eigenvalue weighted by Gasteiger charge is 2.25. The van der Waals surface area contributed by atoms with Crippen molar-refractivity contribution < 1.29 is 9.59 Å². The first-order valence-corrected chi connectivity index (χ1v) is 6.86. The summed E-state index contributed by atoms with van der Waals surface area (Å²) in [4.78, 5) is 25.9. The number of carbonyl (C=O) groups excluding carboxylic acids is 2. The lowest BCUT2D eigenvalue weighted by atomic mass is 9.96. The maximum Gasteiger partial charge on any atom is 0.226 e. The summed E-state index contributed by atoms with van der Waals surface area (Å²) in [7, 11) is 0. The smallest absolute Gasteiger partial charge is 0.226 e. The van der Waals surface area contributed by atoms with Crippen molar-refractivity contribution >= 4 is 24.4 Å². The Balaban J connectivity index is 1.88. The van der Waals surface area contributed by atoms with Crippen LogP contribution in [0.3, 0.4) is 0 Å². The quantitative estimate of drug-likeness (QED) is 0.817. The van der Waals surface area contributed by atoms with Crippen molar-refractivity contribution in [3.63, 3.8) is 0 Å². The molecule has 1 aliphatic rings. The first-order chi connectivity index (χ1) is 9.06. The molecule has 0 aliphatic carbocycles. The minimum atomic E-state index is -0.253.